The molecule has 1 saturated heterocycles. The first kappa shape index (κ1) is 19.6. The Balaban J connectivity index is 1.68. The Labute approximate surface area is 174 Å². The maximum absolute atomic E-state index is 12.6. The Morgan fingerprint density at radius 1 is 1.14 bits per heavy atom. The van der Waals surface area contributed by atoms with E-state index in [0.717, 1.165) is 22.5 Å². The van der Waals surface area contributed by atoms with E-state index in [1.807, 2.05) is 27.7 Å². The fraction of sp³-hybridized carbons (Fsp3) is 0.333. The smallest absolute Gasteiger partial charge is 0.233 e. The monoisotopic (exact) mass is 409 g/mol. The van der Waals surface area contributed by atoms with E-state index in [1.54, 1.807) is 6.20 Å². The number of carbonyl (C=O) groups is 1. The number of hydrogen-bond acceptors (Lipinski definition) is 6. The van der Waals surface area contributed by atoms with Crippen molar-refractivity contribution in [2.45, 2.75) is 19.0 Å². The lowest BCUT2D eigenvalue weighted by Crippen LogP contribution is -2.41. The first-order valence-corrected chi connectivity index (χ1v) is 10.5. The zero-order chi connectivity index (χ0) is 20.2. The second-order valence-electron chi connectivity index (χ2n) is 6.93. The highest BCUT2D eigenvalue weighted by atomic mass is 32.2. The minimum atomic E-state index is 0.0909. The van der Waals surface area contributed by atoms with E-state index in [4.69, 9.17) is 4.74 Å². The number of benzene rings is 1. The van der Waals surface area contributed by atoms with Gasteiger partial charge in [-0.1, -0.05) is 30.0 Å². The van der Waals surface area contributed by atoms with E-state index in [1.165, 1.54) is 11.8 Å². The van der Waals surface area contributed by atoms with Crippen LogP contribution in [-0.4, -0.2) is 62.6 Å². The number of nitrogens with zero attached hydrogens (tertiary/aromatic N) is 5. The summed E-state index contributed by atoms with van der Waals surface area (Å²) in [6.45, 7) is 6.59. The third kappa shape index (κ3) is 4.33. The summed E-state index contributed by atoms with van der Waals surface area (Å²) in [4.78, 5) is 18.9. The van der Waals surface area contributed by atoms with Crippen LogP contribution >= 0.6 is 11.8 Å². The molecule has 1 amide bonds. The summed E-state index contributed by atoms with van der Waals surface area (Å²) in [6, 6.07) is 12.0. The third-order valence-electron chi connectivity index (χ3n) is 4.82. The van der Waals surface area contributed by atoms with E-state index in [9.17, 15) is 4.79 Å². The molecule has 0 bridgehead atoms. The second-order valence-corrected chi connectivity index (χ2v) is 7.87. The number of hydrogen-bond donors (Lipinski definition) is 0. The summed E-state index contributed by atoms with van der Waals surface area (Å²) in [6.07, 6.45) is 1.74. The van der Waals surface area contributed by atoms with Crippen molar-refractivity contribution in [1.82, 2.24) is 24.6 Å². The highest BCUT2D eigenvalue weighted by Gasteiger charge is 2.22. The summed E-state index contributed by atoms with van der Waals surface area (Å²) in [7, 11) is 0. The largest absolute Gasteiger partial charge is 0.378 e. The summed E-state index contributed by atoms with van der Waals surface area (Å²) < 4.78 is 7.33. The van der Waals surface area contributed by atoms with Crippen LogP contribution in [0.3, 0.4) is 0 Å². The molecule has 29 heavy (non-hydrogen) atoms. The lowest BCUT2D eigenvalue weighted by Gasteiger charge is -2.26. The molecule has 0 N–H and O–H groups in total. The number of aromatic nitrogens is 4. The fourth-order valence-electron chi connectivity index (χ4n) is 3.23. The number of thioether (sulfide) groups is 1. The lowest BCUT2D eigenvalue weighted by atomic mass is 10.1. The van der Waals surface area contributed by atoms with Crippen LogP contribution in [0.15, 0.2) is 47.8 Å². The standard InChI is InChI=1S/C21H23N5O2S/c1-15-6-7-16(2)18(13-15)26-20(17-5-3-4-8-22-17)23-24-21(26)29-14-19(27)25-9-11-28-12-10-25/h3-8,13H,9-12,14H2,1-2H3. The lowest BCUT2D eigenvalue weighted by molar-refractivity contribution is -0.132. The van der Waals surface area contributed by atoms with Crippen molar-refractivity contribution < 1.29 is 9.53 Å². The maximum Gasteiger partial charge on any atom is 0.233 e. The number of ether oxygens (including phenoxy) is 1. The molecular weight excluding hydrogens is 386 g/mol. The fourth-order valence-corrected chi connectivity index (χ4v) is 4.08. The van der Waals surface area contributed by atoms with Gasteiger partial charge in [0.1, 0.15) is 5.69 Å². The molecule has 7 nitrogen and oxygen atoms in total. The van der Waals surface area contributed by atoms with Gasteiger partial charge in [-0.3, -0.25) is 14.3 Å². The van der Waals surface area contributed by atoms with Crippen molar-refractivity contribution in [3.63, 3.8) is 0 Å². The molecule has 0 aliphatic carbocycles. The van der Waals surface area contributed by atoms with E-state index in [2.05, 4.69) is 47.2 Å². The van der Waals surface area contributed by atoms with E-state index >= 15 is 0 Å². The van der Waals surface area contributed by atoms with E-state index in [0.29, 0.717) is 43.0 Å². The summed E-state index contributed by atoms with van der Waals surface area (Å²) >= 11 is 1.40. The van der Waals surface area contributed by atoms with Crippen LogP contribution < -0.4 is 0 Å². The third-order valence-corrected chi connectivity index (χ3v) is 5.74. The number of rotatable bonds is 5. The van der Waals surface area contributed by atoms with Gasteiger partial charge < -0.3 is 9.64 Å². The van der Waals surface area contributed by atoms with Crippen LogP contribution in [0.5, 0.6) is 0 Å². The Kier molecular flexibility index (Phi) is 5.92. The Bertz CT molecular complexity index is 1000. The second kappa shape index (κ2) is 8.75. The summed E-state index contributed by atoms with van der Waals surface area (Å²) in [5, 5.41) is 9.49. The molecule has 3 heterocycles. The van der Waals surface area contributed by atoms with Crippen LogP contribution in [0.1, 0.15) is 11.1 Å². The molecule has 0 atom stereocenters. The molecular formula is C21H23N5O2S. The van der Waals surface area contributed by atoms with Crippen LogP contribution in [0.25, 0.3) is 17.2 Å². The van der Waals surface area contributed by atoms with Crippen LogP contribution in [-0.2, 0) is 9.53 Å². The zero-order valence-corrected chi connectivity index (χ0v) is 17.4. The van der Waals surface area contributed by atoms with Crippen LogP contribution in [0, 0.1) is 13.8 Å². The molecule has 8 heteroatoms. The average Bonchev–Trinajstić information content (AvgIpc) is 3.18. The highest BCUT2D eigenvalue weighted by Crippen LogP contribution is 2.29. The number of amides is 1. The van der Waals surface area contributed by atoms with Gasteiger partial charge in [-0.15, -0.1) is 10.2 Å². The van der Waals surface area contributed by atoms with Crippen molar-refractivity contribution in [3.8, 4) is 17.2 Å². The molecule has 0 saturated carbocycles. The minimum Gasteiger partial charge on any atom is -0.378 e. The number of morpholine rings is 1. The minimum absolute atomic E-state index is 0.0909. The van der Waals surface area contributed by atoms with Gasteiger partial charge in [-0.05, 0) is 43.2 Å². The quantitative estimate of drug-likeness (QED) is 0.604. The van der Waals surface area contributed by atoms with Gasteiger partial charge in [0.25, 0.3) is 0 Å². The summed E-state index contributed by atoms with van der Waals surface area (Å²) in [5.74, 6) is 1.07. The van der Waals surface area contributed by atoms with E-state index < -0.39 is 0 Å². The Morgan fingerprint density at radius 2 is 1.97 bits per heavy atom. The number of pyridine rings is 1. The van der Waals surface area contributed by atoms with Crippen molar-refractivity contribution >= 4 is 17.7 Å². The van der Waals surface area contributed by atoms with Gasteiger partial charge in [-0.25, -0.2) is 0 Å². The molecule has 1 aliphatic heterocycles. The van der Waals surface area contributed by atoms with Gasteiger partial charge in [0.2, 0.25) is 5.91 Å². The zero-order valence-electron chi connectivity index (χ0n) is 16.5. The van der Waals surface area contributed by atoms with Gasteiger partial charge >= 0.3 is 0 Å². The van der Waals surface area contributed by atoms with Crippen molar-refractivity contribution in [1.29, 1.82) is 0 Å². The predicted octanol–water partition coefficient (Wildman–Crippen LogP) is 2.90. The maximum atomic E-state index is 12.6. The van der Waals surface area contributed by atoms with E-state index in [-0.39, 0.29) is 5.91 Å². The molecule has 4 rings (SSSR count). The van der Waals surface area contributed by atoms with Gasteiger partial charge in [0, 0.05) is 19.3 Å². The van der Waals surface area contributed by atoms with Gasteiger partial charge in [0.15, 0.2) is 11.0 Å². The van der Waals surface area contributed by atoms with Crippen LogP contribution in [0.4, 0.5) is 0 Å². The molecule has 1 aromatic carbocycles. The molecule has 0 spiro atoms. The summed E-state index contributed by atoms with van der Waals surface area (Å²) in [5.41, 5.74) is 3.99. The molecule has 1 fully saturated rings. The topological polar surface area (TPSA) is 73.1 Å². The van der Waals surface area contributed by atoms with Crippen LogP contribution in [0.2, 0.25) is 0 Å². The van der Waals surface area contributed by atoms with Crippen molar-refractivity contribution in [2.24, 2.45) is 0 Å². The van der Waals surface area contributed by atoms with Gasteiger partial charge in [-0.2, -0.15) is 0 Å². The Hall–Kier alpha value is -2.71. The SMILES string of the molecule is Cc1ccc(C)c(-n2c(SCC(=O)N3CCOCC3)nnc2-c2ccccn2)c1. The van der Waals surface area contributed by atoms with Gasteiger partial charge in [0.05, 0.1) is 24.7 Å². The highest BCUT2D eigenvalue weighted by molar-refractivity contribution is 7.99. The van der Waals surface area contributed by atoms with Crippen molar-refractivity contribution in [2.75, 3.05) is 32.1 Å². The molecule has 0 radical (unpaired) electrons. The first-order valence-electron chi connectivity index (χ1n) is 9.56. The molecule has 2 aromatic heterocycles. The number of aryl methyl sites for hydroxylation is 2. The molecule has 3 aromatic rings. The molecule has 1 aliphatic rings. The first-order chi connectivity index (χ1) is 14.1. The molecule has 0 unspecified atom stereocenters. The molecule has 150 valence electrons. The predicted molar refractivity (Wildman–Crippen MR) is 112 cm³/mol. The normalized spacial score (nSPS) is 14.2. The van der Waals surface area contributed by atoms with Crippen molar-refractivity contribution in [3.05, 3.63) is 53.7 Å². The Morgan fingerprint density at radius 3 is 2.72 bits per heavy atom. The number of carbonyl (C=O) groups excluding carboxylic acids is 1. The average molecular weight is 410 g/mol.